The fourth-order valence-corrected chi connectivity index (χ4v) is 2.98. The van der Waals surface area contributed by atoms with Gasteiger partial charge in [0.25, 0.3) is 0 Å². The molecular formula is C14H15NO2. The van der Waals surface area contributed by atoms with Crippen LogP contribution in [0.3, 0.4) is 0 Å². The molecular weight excluding hydrogens is 214 g/mol. The number of anilines is 1. The monoisotopic (exact) mass is 229 g/mol. The van der Waals surface area contributed by atoms with Crippen LogP contribution in [0.4, 0.5) is 5.69 Å². The van der Waals surface area contributed by atoms with Crippen LogP contribution in [0.2, 0.25) is 0 Å². The first-order valence-corrected chi connectivity index (χ1v) is 5.98. The average Bonchev–Trinajstić information content (AvgIpc) is 3.09. The number of hydrogen-bond donors (Lipinski definition) is 0. The number of benzene rings is 1. The van der Waals surface area contributed by atoms with E-state index in [4.69, 9.17) is 0 Å². The summed E-state index contributed by atoms with van der Waals surface area (Å²) in [5.41, 5.74) is 4.52. The van der Waals surface area contributed by atoms with Gasteiger partial charge in [-0.3, -0.25) is 4.79 Å². The lowest BCUT2D eigenvalue weighted by atomic mass is 9.91. The molecule has 3 rings (SSSR count). The lowest BCUT2D eigenvalue weighted by Gasteiger charge is -2.27. The minimum atomic E-state index is 0.166. The third-order valence-electron chi connectivity index (χ3n) is 4.03. The highest BCUT2D eigenvalue weighted by atomic mass is 16.2. The van der Waals surface area contributed by atoms with Gasteiger partial charge in [0, 0.05) is 25.1 Å². The maximum atomic E-state index is 11.9. The van der Waals surface area contributed by atoms with Gasteiger partial charge in [-0.25, -0.2) is 0 Å². The van der Waals surface area contributed by atoms with Crippen molar-refractivity contribution in [1.82, 2.24) is 0 Å². The lowest BCUT2D eigenvalue weighted by Crippen LogP contribution is -2.32. The van der Waals surface area contributed by atoms with Gasteiger partial charge in [0.2, 0.25) is 5.91 Å². The molecule has 1 aromatic carbocycles. The summed E-state index contributed by atoms with van der Waals surface area (Å²) >= 11 is 0. The van der Waals surface area contributed by atoms with E-state index in [-0.39, 0.29) is 11.8 Å². The quantitative estimate of drug-likeness (QED) is 0.725. The highest BCUT2D eigenvalue weighted by Crippen LogP contribution is 2.56. The first-order valence-electron chi connectivity index (χ1n) is 5.98. The molecule has 1 aliphatic carbocycles. The number of fused-ring (bicyclic) bond motifs is 3. The van der Waals surface area contributed by atoms with Gasteiger partial charge in [-0.05, 0) is 42.0 Å². The highest BCUT2D eigenvalue weighted by Gasteiger charge is 2.51. The third-order valence-corrected chi connectivity index (χ3v) is 4.03. The first-order chi connectivity index (χ1) is 8.15. The summed E-state index contributed by atoms with van der Waals surface area (Å²) in [6.07, 6.45) is 2.36. The van der Waals surface area contributed by atoms with E-state index in [1.165, 1.54) is 5.56 Å². The Hall–Kier alpha value is -1.64. The summed E-state index contributed by atoms with van der Waals surface area (Å²) in [6, 6.07) is 4.01. The van der Waals surface area contributed by atoms with Crippen LogP contribution in [0.1, 0.15) is 29.0 Å². The molecule has 1 amide bonds. The molecule has 2 atom stereocenters. The van der Waals surface area contributed by atoms with Gasteiger partial charge in [0.15, 0.2) is 0 Å². The van der Waals surface area contributed by atoms with E-state index in [1.807, 2.05) is 26.1 Å². The predicted octanol–water partition coefficient (Wildman–Crippen LogP) is 1.82. The Morgan fingerprint density at radius 3 is 2.88 bits per heavy atom. The molecule has 0 N–H and O–H groups in total. The third kappa shape index (κ3) is 1.35. The molecule has 0 bridgehead atoms. The van der Waals surface area contributed by atoms with Crippen molar-refractivity contribution < 1.29 is 9.59 Å². The predicted molar refractivity (Wildman–Crippen MR) is 65.2 cm³/mol. The van der Waals surface area contributed by atoms with Crippen molar-refractivity contribution in [3.05, 3.63) is 28.8 Å². The number of nitrogens with zero attached hydrogens (tertiary/aromatic N) is 1. The van der Waals surface area contributed by atoms with E-state index in [1.54, 1.807) is 4.90 Å². The number of rotatable bonds is 2. The fraction of sp³-hybridized carbons (Fsp3) is 0.429. The van der Waals surface area contributed by atoms with E-state index in [9.17, 15) is 9.59 Å². The van der Waals surface area contributed by atoms with Crippen LogP contribution in [0.15, 0.2) is 12.1 Å². The molecule has 88 valence electrons. The molecule has 1 aliphatic heterocycles. The Kier molecular flexibility index (Phi) is 2.12. The Balaban J connectivity index is 2.20. The summed E-state index contributed by atoms with van der Waals surface area (Å²) < 4.78 is 0. The second kappa shape index (κ2) is 3.42. The normalized spacial score (nSPS) is 25.3. The van der Waals surface area contributed by atoms with Crippen molar-refractivity contribution in [2.45, 2.75) is 25.7 Å². The number of carbonyl (C=O) groups is 2. The second-order valence-corrected chi connectivity index (χ2v) is 5.01. The molecule has 2 aliphatic rings. The average molecular weight is 229 g/mol. The summed E-state index contributed by atoms with van der Waals surface area (Å²) in [5, 5.41) is 0. The largest absolute Gasteiger partial charge is 0.315 e. The van der Waals surface area contributed by atoms with Gasteiger partial charge in [-0.2, -0.15) is 0 Å². The minimum Gasteiger partial charge on any atom is -0.315 e. The molecule has 0 radical (unpaired) electrons. The molecule has 1 aromatic rings. The smallest absolute Gasteiger partial charge is 0.230 e. The van der Waals surface area contributed by atoms with E-state index < -0.39 is 0 Å². The first kappa shape index (κ1) is 10.5. The Bertz CT molecular complexity index is 521. The lowest BCUT2D eigenvalue weighted by molar-refractivity contribution is -0.119. The van der Waals surface area contributed by atoms with Gasteiger partial charge in [-0.1, -0.05) is 6.07 Å². The molecule has 3 nitrogen and oxygen atoms in total. The number of amides is 1. The fourth-order valence-electron chi connectivity index (χ4n) is 2.98. The molecule has 2 unspecified atom stereocenters. The highest BCUT2D eigenvalue weighted by molar-refractivity contribution is 6.01. The minimum absolute atomic E-state index is 0.166. The Morgan fingerprint density at radius 2 is 2.18 bits per heavy atom. The van der Waals surface area contributed by atoms with Crippen molar-refractivity contribution in [3.63, 3.8) is 0 Å². The van der Waals surface area contributed by atoms with Crippen LogP contribution in [0.5, 0.6) is 0 Å². The zero-order valence-corrected chi connectivity index (χ0v) is 10.1. The number of aldehydes is 1. The topological polar surface area (TPSA) is 37.4 Å². The Morgan fingerprint density at radius 1 is 1.41 bits per heavy atom. The molecule has 1 fully saturated rings. The number of hydrogen-bond acceptors (Lipinski definition) is 2. The molecule has 1 saturated carbocycles. The van der Waals surface area contributed by atoms with E-state index in [0.29, 0.717) is 12.3 Å². The molecule has 1 heterocycles. The molecule has 0 spiro atoms. The van der Waals surface area contributed by atoms with Crippen LogP contribution < -0.4 is 4.90 Å². The summed E-state index contributed by atoms with van der Waals surface area (Å²) in [5.74, 6) is 0.756. The summed E-state index contributed by atoms with van der Waals surface area (Å²) in [7, 11) is 1.83. The van der Waals surface area contributed by atoms with Gasteiger partial charge < -0.3 is 9.69 Å². The summed E-state index contributed by atoms with van der Waals surface area (Å²) in [4.78, 5) is 24.5. The maximum Gasteiger partial charge on any atom is 0.230 e. The second-order valence-electron chi connectivity index (χ2n) is 5.01. The standard InChI is InChI=1S/C14H15NO2/c1-8-3-4-12-13(9(8)5-6-16)10-7-11(10)14(17)15(12)2/h3-4,6,10-11H,5,7H2,1-2H3. The van der Waals surface area contributed by atoms with Crippen LogP contribution in [0.25, 0.3) is 0 Å². The van der Waals surface area contributed by atoms with Crippen molar-refractivity contribution in [3.8, 4) is 0 Å². The van der Waals surface area contributed by atoms with Gasteiger partial charge in [0.05, 0.1) is 0 Å². The van der Waals surface area contributed by atoms with Crippen LogP contribution >= 0.6 is 0 Å². The van der Waals surface area contributed by atoms with Gasteiger partial charge >= 0.3 is 0 Å². The Labute approximate surface area is 100 Å². The van der Waals surface area contributed by atoms with Crippen molar-refractivity contribution in [1.29, 1.82) is 0 Å². The van der Waals surface area contributed by atoms with E-state index >= 15 is 0 Å². The molecule has 0 aromatic heterocycles. The molecule has 3 heteroatoms. The van der Waals surface area contributed by atoms with Crippen molar-refractivity contribution in [2.24, 2.45) is 5.92 Å². The number of carbonyl (C=O) groups excluding carboxylic acids is 2. The van der Waals surface area contributed by atoms with Crippen LogP contribution in [0, 0.1) is 12.8 Å². The maximum absolute atomic E-state index is 11.9. The van der Waals surface area contributed by atoms with E-state index in [0.717, 1.165) is 29.5 Å². The van der Waals surface area contributed by atoms with Crippen molar-refractivity contribution in [2.75, 3.05) is 11.9 Å². The summed E-state index contributed by atoms with van der Waals surface area (Å²) in [6.45, 7) is 2.03. The number of aryl methyl sites for hydroxylation is 1. The SMILES string of the molecule is Cc1ccc2c(c1CC=O)C1CC1C(=O)N2C. The molecule has 17 heavy (non-hydrogen) atoms. The molecule has 0 saturated heterocycles. The van der Waals surface area contributed by atoms with Gasteiger partial charge in [0.1, 0.15) is 6.29 Å². The van der Waals surface area contributed by atoms with Gasteiger partial charge in [-0.15, -0.1) is 0 Å². The van der Waals surface area contributed by atoms with Crippen LogP contribution in [-0.4, -0.2) is 19.2 Å². The zero-order chi connectivity index (χ0) is 12.2. The van der Waals surface area contributed by atoms with Crippen LogP contribution in [-0.2, 0) is 16.0 Å². The zero-order valence-electron chi connectivity index (χ0n) is 10.1. The van der Waals surface area contributed by atoms with Crippen molar-refractivity contribution >= 4 is 17.9 Å². The van der Waals surface area contributed by atoms with E-state index in [2.05, 4.69) is 0 Å².